The number of esters is 1. The summed E-state index contributed by atoms with van der Waals surface area (Å²) in [6.07, 6.45) is 18.3. The highest BCUT2D eigenvalue weighted by Crippen LogP contribution is 2.11. The molecule has 0 aromatic carbocycles. The van der Waals surface area contributed by atoms with Crippen LogP contribution in [0.15, 0.2) is 12.2 Å². The lowest BCUT2D eigenvalue weighted by atomic mass is 10.1. The lowest BCUT2D eigenvalue weighted by molar-refractivity contribution is -0.163. The van der Waals surface area contributed by atoms with Crippen molar-refractivity contribution in [3.05, 3.63) is 12.2 Å². The highest BCUT2D eigenvalue weighted by Gasteiger charge is 2.19. The van der Waals surface area contributed by atoms with E-state index in [9.17, 15) is 9.59 Å². The van der Waals surface area contributed by atoms with Crippen LogP contribution in [0.1, 0.15) is 97.3 Å². The molecule has 0 aromatic heterocycles. The zero-order chi connectivity index (χ0) is 18.0. The molecule has 1 atom stereocenters. The van der Waals surface area contributed by atoms with Crippen LogP contribution in [0.4, 0.5) is 0 Å². The van der Waals surface area contributed by atoms with Gasteiger partial charge in [0.05, 0.1) is 0 Å². The maximum Gasteiger partial charge on any atom is 0.345 e. The number of ether oxygens (including phenoxy) is 1. The predicted octanol–water partition coefficient (Wildman–Crippen LogP) is 5.65. The molecule has 1 N–H and O–H groups in total. The van der Waals surface area contributed by atoms with E-state index in [0.29, 0.717) is 6.42 Å². The molecule has 0 radical (unpaired) electrons. The number of allylic oxidation sites excluding steroid dienone is 2. The first-order valence-electron chi connectivity index (χ1n) is 9.63. The number of unbranched alkanes of at least 4 members (excludes halogenated alkanes) is 10. The van der Waals surface area contributed by atoms with Crippen LogP contribution < -0.4 is 0 Å². The maximum absolute atomic E-state index is 10.9. The zero-order valence-corrected chi connectivity index (χ0v) is 15.6. The van der Waals surface area contributed by atoms with Gasteiger partial charge in [-0.05, 0) is 38.5 Å². The standard InChI is InChI=1S/C20H36O4/c1-3-4-5-6-7-8-9-10-11-12-13-14-15-16-17-19(20(22)23)24-18(2)21/h10-11,19H,3-9,12-17H2,1-2H3,(H,22,23)/b11-10-/t19-/m1/s1. The van der Waals surface area contributed by atoms with E-state index >= 15 is 0 Å². The van der Waals surface area contributed by atoms with E-state index in [1.807, 2.05) is 0 Å². The Morgan fingerprint density at radius 2 is 1.38 bits per heavy atom. The van der Waals surface area contributed by atoms with Gasteiger partial charge in [0.15, 0.2) is 6.10 Å². The van der Waals surface area contributed by atoms with Crippen molar-refractivity contribution in [2.75, 3.05) is 0 Å². The van der Waals surface area contributed by atoms with E-state index in [2.05, 4.69) is 19.1 Å². The van der Waals surface area contributed by atoms with Gasteiger partial charge in [-0.2, -0.15) is 0 Å². The molecular formula is C20H36O4. The Hall–Kier alpha value is -1.32. The van der Waals surface area contributed by atoms with Crippen LogP contribution in [0.25, 0.3) is 0 Å². The van der Waals surface area contributed by atoms with Gasteiger partial charge in [-0.3, -0.25) is 4.79 Å². The molecule has 0 fully saturated rings. The normalized spacial score (nSPS) is 12.4. The molecule has 0 bridgehead atoms. The maximum atomic E-state index is 10.9. The molecule has 140 valence electrons. The Labute approximate surface area is 147 Å². The van der Waals surface area contributed by atoms with Crippen molar-refractivity contribution in [2.45, 2.75) is 103 Å². The Morgan fingerprint density at radius 1 is 0.875 bits per heavy atom. The molecule has 0 amide bonds. The minimum absolute atomic E-state index is 0.406. The number of carbonyl (C=O) groups excluding carboxylic acids is 1. The number of carboxylic acids is 1. The van der Waals surface area contributed by atoms with Crippen molar-refractivity contribution in [1.29, 1.82) is 0 Å². The first kappa shape index (κ1) is 22.7. The summed E-state index contributed by atoms with van der Waals surface area (Å²) in [5.74, 6) is -1.58. The number of rotatable bonds is 16. The molecule has 4 heteroatoms. The largest absolute Gasteiger partial charge is 0.479 e. The molecule has 0 heterocycles. The van der Waals surface area contributed by atoms with Crippen LogP contribution in [0.3, 0.4) is 0 Å². The summed E-state index contributed by atoms with van der Waals surface area (Å²) >= 11 is 0. The fraction of sp³-hybridized carbons (Fsp3) is 0.800. The number of hydrogen-bond donors (Lipinski definition) is 1. The van der Waals surface area contributed by atoms with E-state index in [1.54, 1.807) is 0 Å². The third-order valence-corrected chi connectivity index (χ3v) is 4.06. The highest BCUT2D eigenvalue weighted by molar-refractivity contribution is 5.76. The Bertz CT molecular complexity index is 350. The summed E-state index contributed by atoms with van der Waals surface area (Å²) in [6.45, 7) is 3.49. The van der Waals surface area contributed by atoms with Gasteiger partial charge in [0.1, 0.15) is 0 Å². The van der Waals surface area contributed by atoms with E-state index < -0.39 is 18.0 Å². The van der Waals surface area contributed by atoms with Crippen molar-refractivity contribution in [3.63, 3.8) is 0 Å². The van der Waals surface area contributed by atoms with Crippen molar-refractivity contribution in [2.24, 2.45) is 0 Å². The van der Waals surface area contributed by atoms with Crippen LogP contribution >= 0.6 is 0 Å². The molecular weight excluding hydrogens is 304 g/mol. The van der Waals surface area contributed by atoms with E-state index in [-0.39, 0.29) is 0 Å². The highest BCUT2D eigenvalue weighted by atomic mass is 16.6. The lowest BCUT2D eigenvalue weighted by Gasteiger charge is -2.11. The van der Waals surface area contributed by atoms with Gasteiger partial charge in [-0.15, -0.1) is 0 Å². The molecule has 0 saturated carbocycles. The molecule has 0 aliphatic heterocycles. The van der Waals surface area contributed by atoms with Crippen LogP contribution in [0.5, 0.6) is 0 Å². The van der Waals surface area contributed by atoms with Crippen LogP contribution in [0, 0.1) is 0 Å². The van der Waals surface area contributed by atoms with Gasteiger partial charge in [0.2, 0.25) is 0 Å². The SMILES string of the molecule is CCCCCCCC/C=C\CCCCCC[C@@H](OC(C)=O)C(=O)O. The summed E-state index contributed by atoms with van der Waals surface area (Å²) in [4.78, 5) is 21.7. The molecule has 24 heavy (non-hydrogen) atoms. The molecule has 0 saturated heterocycles. The molecule has 0 aliphatic carbocycles. The fourth-order valence-electron chi connectivity index (χ4n) is 2.66. The Morgan fingerprint density at radius 3 is 1.88 bits per heavy atom. The van der Waals surface area contributed by atoms with E-state index in [4.69, 9.17) is 9.84 Å². The minimum Gasteiger partial charge on any atom is -0.479 e. The van der Waals surface area contributed by atoms with Gasteiger partial charge >= 0.3 is 11.9 Å². The van der Waals surface area contributed by atoms with Crippen LogP contribution in [-0.2, 0) is 14.3 Å². The Kier molecular flexibility index (Phi) is 15.6. The average Bonchev–Trinajstić information content (AvgIpc) is 2.53. The lowest BCUT2D eigenvalue weighted by Crippen LogP contribution is -2.25. The second-order valence-electron chi connectivity index (χ2n) is 6.46. The summed E-state index contributed by atoms with van der Waals surface area (Å²) in [5.41, 5.74) is 0. The van der Waals surface area contributed by atoms with Gasteiger partial charge in [0.25, 0.3) is 0 Å². The summed E-state index contributed by atoms with van der Waals surface area (Å²) in [7, 11) is 0. The number of carboxylic acid groups (broad SMARTS) is 1. The molecule has 0 aliphatic rings. The third-order valence-electron chi connectivity index (χ3n) is 4.06. The van der Waals surface area contributed by atoms with E-state index in [0.717, 1.165) is 32.1 Å². The molecule has 0 unspecified atom stereocenters. The van der Waals surface area contributed by atoms with Crippen LogP contribution in [0.2, 0.25) is 0 Å². The first-order chi connectivity index (χ1) is 11.6. The van der Waals surface area contributed by atoms with Gasteiger partial charge in [-0.25, -0.2) is 4.79 Å². The van der Waals surface area contributed by atoms with Crippen LogP contribution in [-0.4, -0.2) is 23.1 Å². The van der Waals surface area contributed by atoms with Crippen molar-refractivity contribution in [1.82, 2.24) is 0 Å². The van der Waals surface area contributed by atoms with Gasteiger partial charge in [0, 0.05) is 6.92 Å². The average molecular weight is 341 g/mol. The van der Waals surface area contributed by atoms with Gasteiger partial charge < -0.3 is 9.84 Å². The number of aliphatic carboxylic acids is 1. The fourth-order valence-corrected chi connectivity index (χ4v) is 2.66. The van der Waals surface area contributed by atoms with Crippen molar-refractivity contribution < 1.29 is 19.4 Å². The Balaban J connectivity index is 3.42. The molecule has 4 nitrogen and oxygen atoms in total. The summed E-state index contributed by atoms with van der Waals surface area (Å²) in [6, 6.07) is 0. The number of carbonyl (C=O) groups is 2. The quantitative estimate of drug-likeness (QED) is 0.224. The first-order valence-corrected chi connectivity index (χ1v) is 9.63. The summed E-state index contributed by atoms with van der Waals surface area (Å²) < 4.78 is 4.78. The van der Waals surface area contributed by atoms with Crippen molar-refractivity contribution >= 4 is 11.9 Å². The number of hydrogen-bond acceptors (Lipinski definition) is 3. The topological polar surface area (TPSA) is 63.6 Å². The summed E-state index contributed by atoms with van der Waals surface area (Å²) in [5, 5.41) is 8.94. The minimum atomic E-state index is -1.05. The van der Waals surface area contributed by atoms with Gasteiger partial charge in [-0.1, -0.05) is 64.0 Å². The predicted molar refractivity (Wildman–Crippen MR) is 98.0 cm³/mol. The van der Waals surface area contributed by atoms with Crippen molar-refractivity contribution in [3.8, 4) is 0 Å². The molecule has 0 rings (SSSR count). The van der Waals surface area contributed by atoms with E-state index in [1.165, 1.54) is 51.9 Å². The third kappa shape index (κ3) is 15.6. The zero-order valence-electron chi connectivity index (χ0n) is 15.6. The molecule has 0 aromatic rings. The monoisotopic (exact) mass is 340 g/mol. The smallest absolute Gasteiger partial charge is 0.345 e. The second kappa shape index (κ2) is 16.5. The second-order valence-corrected chi connectivity index (χ2v) is 6.46. The molecule has 0 spiro atoms.